The van der Waals surface area contributed by atoms with Gasteiger partial charge in [-0.15, -0.1) is 0 Å². The zero-order valence-electron chi connectivity index (χ0n) is 16.1. The van der Waals surface area contributed by atoms with Crippen molar-refractivity contribution in [3.63, 3.8) is 0 Å². The summed E-state index contributed by atoms with van der Waals surface area (Å²) in [7, 11) is 0. The number of hydrogen-bond donors (Lipinski definition) is 2. The average Bonchev–Trinajstić information content (AvgIpc) is 3.24. The molecule has 0 bridgehead atoms. The molecule has 0 fully saturated rings. The third-order valence-corrected chi connectivity index (χ3v) is 6.53. The molecule has 1 heterocycles. The highest BCUT2D eigenvalue weighted by Crippen LogP contribution is 2.51. The van der Waals surface area contributed by atoms with Crippen LogP contribution in [0.5, 0.6) is 0 Å². The van der Waals surface area contributed by atoms with Gasteiger partial charge >= 0.3 is 0 Å². The van der Waals surface area contributed by atoms with Gasteiger partial charge in [0.1, 0.15) is 0 Å². The molecule has 3 unspecified atom stereocenters. The monoisotopic (exact) mass is 434 g/mol. The molecule has 0 radical (unpaired) electrons. The Morgan fingerprint density at radius 2 is 1.80 bits per heavy atom. The summed E-state index contributed by atoms with van der Waals surface area (Å²) >= 11 is 12.7. The van der Waals surface area contributed by atoms with Crippen LogP contribution in [0, 0.1) is 5.92 Å². The highest BCUT2D eigenvalue weighted by atomic mass is 35.5. The SMILES string of the molecule is O=C(Nc1ccccc1)c1cccc2c1NC(c1ccc(Cl)cc1Cl)C1CC=CC21. The van der Waals surface area contributed by atoms with E-state index >= 15 is 0 Å². The van der Waals surface area contributed by atoms with Crippen molar-refractivity contribution in [1.29, 1.82) is 0 Å². The number of amides is 1. The first-order chi connectivity index (χ1) is 14.6. The van der Waals surface area contributed by atoms with Crippen molar-refractivity contribution >= 4 is 40.5 Å². The molecule has 3 aromatic rings. The summed E-state index contributed by atoms with van der Waals surface area (Å²) in [6, 6.07) is 21.0. The van der Waals surface area contributed by atoms with Gasteiger partial charge in [-0.05, 0) is 53.8 Å². The van der Waals surface area contributed by atoms with Crippen molar-refractivity contribution in [3.05, 3.63) is 106 Å². The van der Waals surface area contributed by atoms with E-state index in [1.807, 2.05) is 54.6 Å². The number of allylic oxidation sites excluding steroid dienone is 2. The highest BCUT2D eigenvalue weighted by Gasteiger charge is 2.39. The molecule has 2 aliphatic rings. The summed E-state index contributed by atoms with van der Waals surface area (Å²) in [6.07, 6.45) is 5.43. The van der Waals surface area contributed by atoms with Gasteiger partial charge in [-0.3, -0.25) is 4.79 Å². The number of halogens is 2. The first kappa shape index (κ1) is 19.2. The lowest BCUT2D eigenvalue weighted by atomic mass is 9.76. The van der Waals surface area contributed by atoms with Crippen LogP contribution < -0.4 is 10.6 Å². The molecule has 5 heteroatoms. The number of para-hydroxylation sites is 2. The van der Waals surface area contributed by atoms with E-state index in [-0.39, 0.29) is 17.9 Å². The molecule has 5 rings (SSSR count). The average molecular weight is 435 g/mol. The minimum absolute atomic E-state index is 0.00654. The van der Waals surface area contributed by atoms with Crippen molar-refractivity contribution in [1.82, 2.24) is 0 Å². The van der Waals surface area contributed by atoms with E-state index in [1.54, 1.807) is 6.07 Å². The summed E-state index contributed by atoms with van der Waals surface area (Å²) in [5.41, 5.74) is 4.42. The minimum atomic E-state index is -0.132. The Morgan fingerprint density at radius 1 is 0.967 bits per heavy atom. The van der Waals surface area contributed by atoms with Gasteiger partial charge in [0.2, 0.25) is 0 Å². The molecule has 1 aliphatic heterocycles. The summed E-state index contributed by atoms with van der Waals surface area (Å²) in [5.74, 6) is 0.443. The number of fused-ring (bicyclic) bond motifs is 3. The molecule has 0 spiro atoms. The van der Waals surface area contributed by atoms with Crippen LogP contribution in [0.25, 0.3) is 0 Å². The third kappa shape index (κ3) is 3.38. The molecule has 3 aromatic carbocycles. The van der Waals surface area contributed by atoms with E-state index in [0.29, 0.717) is 21.5 Å². The molecule has 30 heavy (non-hydrogen) atoms. The van der Waals surface area contributed by atoms with Crippen LogP contribution in [0.1, 0.15) is 39.9 Å². The number of anilines is 2. The number of rotatable bonds is 3. The van der Waals surface area contributed by atoms with E-state index in [1.165, 1.54) is 0 Å². The molecule has 150 valence electrons. The maximum absolute atomic E-state index is 13.1. The molecule has 0 aromatic heterocycles. The zero-order valence-corrected chi connectivity index (χ0v) is 17.6. The maximum atomic E-state index is 13.1. The number of hydrogen-bond acceptors (Lipinski definition) is 2. The van der Waals surface area contributed by atoms with Gasteiger partial charge in [-0.1, -0.05) is 71.8 Å². The molecule has 0 saturated carbocycles. The van der Waals surface area contributed by atoms with E-state index < -0.39 is 0 Å². The van der Waals surface area contributed by atoms with Crippen LogP contribution in [0.2, 0.25) is 10.0 Å². The highest BCUT2D eigenvalue weighted by molar-refractivity contribution is 6.35. The normalized spacial score (nSPS) is 21.5. The van der Waals surface area contributed by atoms with E-state index in [9.17, 15) is 4.79 Å². The molecule has 2 N–H and O–H groups in total. The molecular weight excluding hydrogens is 415 g/mol. The standard InChI is InChI=1S/C25H20Cl2N2O/c26-15-12-13-20(22(27)14-15)23-18-9-4-8-17(18)19-10-5-11-21(24(19)29-23)25(30)28-16-6-2-1-3-7-16/h1-8,10-14,17-18,23,29H,9H2,(H,28,30). The van der Waals surface area contributed by atoms with Crippen LogP contribution in [-0.4, -0.2) is 5.91 Å². The smallest absolute Gasteiger partial charge is 0.257 e. The van der Waals surface area contributed by atoms with Gasteiger partial charge in [0, 0.05) is 21.7 Å². The second-order valence-corrected chi connectivity index (χ2v) is 8.57. The van der Waals surface area contributed by atoms with Crippen LogP contribution in [0.15, 0.2) is 78.9 Å². The Balaban J connectivity index is 1.55. The fourth-order valence-corrected chi connectivity index (χ4v) is 5.12. The van der Waals surface area contributed by atoms with Gasteiger partial charge in [0.15, 0.2) is 0 Å². The minimum Gasteiger partial charge on any atom is -0.377 e. The Kier molecular flexibility index (Phi) is 5.01. The Bertz CT molecular complexity index is 1140. The van der Waals surface area contributed by atoms with E-state index in [2.05, 4.69) is 28.9 Å². The molecule has 3 nitrogen and oxygen atoms in total. The first-order valence-electron chi connectivity index (χ1n) is 9.99. The van der Waals surface area contributed by atoms with Gasteiger partial charge in [0.25, 0.3) is 5.91 Å². The number of carbonyl (C=O) groups excluding carboxylic acids is 1. The van der Waals surface area contributed by atoms with E-state index in [0.717, 1.165) is 28.9 Å². The second kappa shape index (κ2) is 7.82. The molecule has 1 aliphatic carbocycles. The predicted molar refractivity (Wildman–Crippen MR) is 124 cm³/mol. The third-order valence-electron chi connectivity index (χ3n) is 5.97. The van der Waals surface area contributed by atoms with Gasteiger partial charge in [-0.2, -0.15) is 0 Å². The number of benzene rings is 3. The van der Waals surface area contributed by atoms with E-state index in [4.69, 9.17) is 23.2 Å². The lowest BCUT2D eigenvalue weighted by molar-refractivity contribution is 0.102. The van der Waals surface area contributed by atoms with Crippen molar-refractivity contribution < 1.29 is 4.79 Å². The first-order valence-corrected chi connectivity index (χ1v) is 10.7. The summed E-state index contributed by atoms with van der Waals surface area (Å²) in [6.45, 7) is 0. The van der Waals surface area contributed by atoms with Crippen molar-refractivity contribution in [2.45, 2.75) is 18.4 Å². The summed E-state index contributed by atoms with van der Waals surface area (Å²) in [4.78, 5) is 13.1. The lowest BCUT2D eigenvalue weighted by Crippen LogP contribution is -2.31. The molecular formula is C25H20Cl2N2O. The van der Waals surface area contributed by atoms with Gasteiger partial charge < -0.3 is 10.6 Å². The van der Waals surface area contributed by atoms with Gasteiger partial charge in [-0.25, -0.2) is 0 Å². The van der Waals surface area contributed by atoms with Crippen LogP contribution in [0.4, 0.5) is 11.4 Å². The second-order valence-electron chi connectivity index (χ2n) is 7.73. The topological polar surface area (TPSA) is 41.1 Å². The Hall–Kier alpha value is -2.75. The van der Waals surface area contributed by atoms with Crippen LogP contribution in [0.3, 0.4) is 0 Å². The zero-order chi connectivity index (χ0) is 20.7. The van der Waals surface area contributed by atoms with Crippen molar-refractivity contribution in [3.8, 4) is 0 Å². The number of carbonyl (C=O) groups is 1. The number of nitrogens with one attached hydrogen (secondary N) is 2. The quantitative estimate of drug-likeness (QED) is 0.432. The molecule has 0 saturated heterocycles. The van der Waals surface area contributed by atoms with Crippen LogP contribution >= 0.6 is 23.2 Å². The fourth-order valence-electron chi connectivity index (χ4n) is 4.59. The molecule has 3 atom stereocenters. The Morgan fingerprint density at radius 3 is 2.60 bits per heavy atom. The lowest BCUT2D eigenvalue weighted by Gasteiger charge is -2.38. The van der Waals surface area contributed by atoms with Gasteiger partial charge in [0.05, 0.1) is 17.3 Å². The molecule has 1 amide bonds. The predicted octanol–water partition coefficient (Wildman–Crippen LogP) is 7.07. The van der Waals surface area contributed by atoms with Crippen molar-refractivity contribution in [2.24, 2.45) is 5.92 Å². The summed E-state index contributed by atoms with van der Waals surface area (Å²) in [5, 5.41) is 7.91. The fraction of sp³-hybridized carbons (Fsp3) is 0.160. The van der Waals surface area contributed by atoms with Crippen molar-refractivity contribution in [2.75, 3.05) is 10.6 Å². The summed E-state index contributed by atoms with van der Waals surface area (Å²) < 4.78 is 0. The largest absolute Gasteiger partial charge is 0.377 e. The Labute approximate surface area is 185 Å². The maximum Gasteiger partial charge on any atom is 0.257 e. The van der Waals surface area contributed by atoms with Crippen LogP contribution in [-0.2, 0) is 0 Å².